The molecule has 24 heavy (non-hydrogen) atoms. The number of carbonyl (C=O) groups excluding carboxylic acids is 1. The number of nitrogens with zero attached hydrogens (tertiary/aromatic N) is 2. The number of benzene rings is 1. The third-order valence-electron chi connectivity index (χ3n) is 3.23. The molecule has 7 heteroatoms. The topological polar surface area (TPSA) is 56.7 Å². The largest absolute Gasteiger partial charge is 0.353 e. The number of nitrogens with one attached hydrogen (secondary N) is 2. The summed E-state index contributed by atoms with van der Waals surface area (Å²) in [6.45, 7) is 7.90. The van der Waals surface area contributed by atoms with Crippen LogP contribution in [0.3, 0.4) is 0 Å². The molecule has 1 aromatic carbocycles. The molecule has 1 unspecified atom stereocenters. The number of guanidine groups is 1. The van der Waals surface area contributed by atoms with Gasteiger partial charge in [-0.2, -0.15) is 0 Å². The van der Waals surface area contributed by atoms with Gasteiger partial charge in [0.15, 0.2) is 17.6 Å². The summed E-state index contributed by atoms with van der Waals surface area (Å²) in [5, 5.41) is 6.11. The number of rotatable bonds is 6. The van der Waals surface area contributed by atoms with Crippen LogP contribution >= 0.6 is 0 Å². The Morgan fingerprint density at radius 3 is 2.54 bits per heavy atom. The molecule has 0 saturated carbocycles. The molecule has 0 heterocycles. The molecular formula is C17H24F2N4O. The molecule has 132 valence electrons. The first-order chi connectivity index (χ1) is 11.2. The first-order valence-electron chi connectivity index (χ1n) is 7.55. The van der Waals surface area contributed by atoms with E-state index in [0.717, 1.165) is 17.7 Å². The fourth-order valence-electron chi connectivity index (χ4n) is 1.75. The maximum absolute atomic E-state index is 13.4. The monoisotopic (exact) mass is 338 g/mol. The van der Waals surface area contributed by atoms with E-state index >= 15 is 0 Å². The fourth-order valence-corrected chi connectivity index (χ4v) is 1.75. The van der Waals surface area contributed by atoms with Crippen LogP contribution in [0.2, 0.25) is 0 Å². The zero-order valence-corrected chi connectivity index (χ0v) is 14.5. The minimum absolute atomic E-state index is 0.0248. The van der Waals surface area contributed by atoms with Gasteiger partial charge in [-0.15, -0.1) is 0 Å². The van der Waals surface area contributed by atoms with Crippen molar-refractivity contribution in [2.75, 3.05) is 27.2 Å². The van der Waals surface area contributed by atoms with Crippen molar-refractivity contribution < 1.29 is 13.6 Å². The average molecular weight is 338 g/mol. The number of halogens is 2. The molecule has 0 aliphatic heterocycles. The summed E-state index contributed by atoms with van der Waals surface area (Å²) in [4.78, 5) is 17.3. The highest BCUT2D eigenvalue weighted by Gasteiger charge is 2.12. The SMILES string of the molecule is C=C(C)CNC(=NCC(=O)N(C)C)NC(C)c1ccc(F)c(F)c1. The van der Waals surface area contributed by atoms with Crippen LogP contribution in [0.15, 0.2) is 35.3 Å². The minimum atomic E-state index is -0.905. The Balaban J connectivity index is 2.85. The minimum Gasteiger partial charge on any atom is -0.353 e. The van der Waals surface area contributed by atoms with Crippen molar-refractivity contribution in [2.24, 2.45) is 4.99 Å². The summed E-state index contributed by atoms with van der Waals surface area (Å²) in [5.74, 6) is -1.55. The van der Waals surface area contributed by atoms with Gasteiger partial charge in [-0.1, -0.05) is 18.2 Å². The lowest BCUT2D eigenvalue weighted by Gasteiger charge is -2.19. The summed E-state index contributed by atoms with van der Waals surface area (Å²) in [7, 11) is 3.30. The molecule has 1 aromatic rings. The van der Waals surface area contributed by atoms with Crippen LogP contribution in [0.4, 0.5) is 8.78 Å². The highest BCUT2D eigenvalue weighted by molar-refractivity contribution is 5.85. The van der Waals surface area contributed by atoms with E-state index < -0.39 is 11.6 Å². The molecule has 0 radical (unpaired) electrons. The van der Waals surface area contributed by atoms with Gasteiger partial charge in [0.2, 0.25) is 5.91 Å². The first kappa shape index (κ1) is 19.6. The Labute approximate surface area is 141 Å². The van der Waals surface area contributed by atoms with Crippen molar-refractivity contribution in [1.82, 2.24) is 15.5 Å². The first-order valence-corrected chi connectivity index (χ1v) is 7.55. The van der Waals surface area contributed by atoms with E-state index in [0.29, 0.717) is 18.1 Å². The third-order valence-corrected chi connectivity index (χ3v) is 3.23. The summed E-state index contributed by atoms with van der Waals surface area (Å²) in [6.07, 6.45) is 0. The van der Waals surface area contributed by atoms with Crippen LogP contribution in [0.5, 0.6) is 0 Å². The molecular weight excluding hydrogens is 314 g/mol. The van der Waals surface area contributed by atoms with Gasteiger partial charge < -0.3 is 15.5 Å². The van der Waals surface area contributed by atoms with Crippen LogP contribution in [0.1, 0.15) is 25.5 Å². The van der Waals surface area contributed by atoms with Gasteiger partial charge in [0.1, 0.15) is 6.54 Å². The van der Waals surface area contributed by atoms with Gasteiger partial charge in [0.05, 0.1) is 6.04 Å². The van der Waals surface area contributed by atoms with Crippen molar-refractivity contribution in [3.63, 3.8) is 0 Å². The standard InChI is InChI=1S/C17H24F2N4O/c1-11(2)9-20-17(21-10-16(24)23(4)5)22-12(3)13-6-7-14(18)15(19)8-13/h6-8,12H,1,9-10H2,2-5H3,(H2,20,21,22). The maximum Gasteiger partial charge on any atom is 0.243 e. The average Bonchev–Trinajstić information content (AvgIpc) is 2.51. The smallest absolute Gasteiger partial charge is 0.243 e. The Kier molecular flexibility index (Phi) is 7.35. The lowest BCUT2D eigenvalue weighted by atomic mass is 10.1. The molecule has 1 atom stereocenters. The summed E-state index contributed by atoms with van der Waals surface area (Å²) >= 11 is 0. The summed E-state index contributed by atoms with van der Waals surface area (Å²) in [5.41, 5.74) is 1.46. The molecule has 0 aliphatic carbocycles. The molecule has 0 saturated heterocycles. The third kappa shape index (κ3) is 6.36. The van der Waals surface area contributed by atoms with Gasteiger partial charge in [0, 0.05) is 20.6 Å². The van der Waals surface area contributed by atoms with Crippen LogP contribution in [-0.2, 0) is 4.79 Å². The van der Waals surface area contributed by atoms with E-state index in [2.05, 4.69) is 22.2 Å². The quantitative estimate of drug-likeness (QED) is 0.475. The lowest BCUT2D eigenvalue weighted by molar-refractivity contribution is -0.127. The van der Waals surface area contributed by atoms with Crippen molar-refractivity contribution in [1.29, 1.82) is 0 Å². The Hall–Kier alpha value is -2.44. The second-order valence-electron chi connectivity index (χ2n) is 5.80. The maximum atomic E-state index is 13.4. The molecule has 2 N–H and O–H groups in total. The van der Waals surface area contributed by atoms with Crippen molar-refractivity contribution in [3.05, 3.63) is 47.5 Å². The van der Waals surface area contributed by atoms with E-state index in [1.165, 1.54) is 11.0 Å². The van der Waals surface area contributed by atoms with E-state index in [4.69, 9.17) is 0 Å². The van der Waals surface area contributed by atoms with Crippen LogP contribution in [-0.4, -0.2) is 44.0 Å². The lowest BCUT2D eigenvalue weighted by Crippen LogP contribution is -2.40. The molecule has 0 bridgehead atoms. The number of amides is 1. The van der Waals surface area contributed by atoms with Gasteiger partial charge in [0.25, 0.3) is 0 Å². The van der Waals surface area contributed by atoms with Gasteiger partial charge in [-0.05, 0) is 31.5 Å². The number of likely N-dealkylation sites (N-methyl/N-ethyl adjacent to an activating group) is 1. The van der Waals surface area contributed by atoms with Gasteiger partial charge in [-0.25, -0.2) is 13.8 Å². The summed E-state index contributed by atoms with van der Waals surface area (Å²) in [6, 6.07) is 3.38. The predicted octanol–water partition coefficient (Wildman–Crippen LogP) is 2.23. The zero-order valence-electron chi connectivity index (χ0n) is 14.5. The number of hydrogen-bond donors (Lipinski definition) is 2. The number of carbonyl (C=O) groups is 1. The van der Waals surface area contributed by atoms with E-state index in [-0.39, 0.29) is 18.5 Å². The highest BCUT2D eigenvalue weighted by atomic mass is 19.2. The molecule has 0 aliphatic rings. The van der Waals surface area contributed by atoms with Gasteiger partial charge in [-0.3, -0.25) is 4.79 Å². The summed E-state index contributed by atoms with van der Waals surface area (Å²) < 4.78 is 26.4. The van der Waals surface area contributed by atoms with Gasteiger partial charge >= 0.3 is 0 Å². The van der Waals surface area contributed by atoms with Crippen LogP contribution in [0.25, 0.3) is 0 Å². The normalized spacial score (nSPS) is 12.5. The molecule has 0 fully saturated rings. The second-order valence-corrected chi connectivity index (χ2v) is 5.80. The Morgan fingerprint density at radius 2 is 2.00 bits per heavy atom. The van der Waals surface area contributed by atoms with E-state index in [1.807, 2.05) is 6.92 Å². The fraction of sp³-hybridized carbons (Fsp3) is 0.412. The van der Waals surface area contributed by atoms with Crippen molar-refractivity contribution >= 4 is 11.9 Å². The molecule has 1 rings (SSSR count). The van der Waals surface area contributed by atoms with E-state index in [1.54, 1.807) is 21.0 Å². The molecule has 1 amide bonds. The number of aliphatic imine (C=N–C) groups is 1. The second kappa shape index (κ2) is 9.00. The molecule has 0 aromatic heterocycles. The molecule has 0 spiro atoms. The molecule has 5 nitrogen and oxygen atoms in total. The Morgan fingerprint density at radius 1 is 1.33 bits per heavy atom. The van der Waals surface area contributed by atoms with Crippen molar-refractivity contribution in [3.8, 4) is 0 Å². The van der Waals surface area contributed by atoms with Crippen molar-refractivity contribution in [2.45, 2.75) is 19.9 Å². The zero-order chi connectivity index (χ0) is 18.3. The van der Waals surface area contributed by atoms with Crippen LogP contribution in [0, 0.1) is 11.6 Å². The predicted molar refractivity (Wildman–Crippen MR) is 91.7 cm³/mol. The Bertz CT molecular complexity index is 629. The number of hydrogen-bond acceptors (Lipinski definition) is 2. The van der Waals surface area contributed by atoms with E-state index in [9.17, 15) is 13.6 Å². The highest BCUT2D eigenvalue weighted by Crippen LogP contribution is 2.15. The van der Waals surface area contributed by atoms with Crippen LogP contribution < -0.4 is 10.6 Å².